The van der Waals surface area contributed by atoms with Crippen LogP contribution in [0.2, 0.25) is 0 Å². The number of unbranched alkanes of at least 4 members (excludes halogenated alkanes) is 15. The van der Waals surface area contributed by atoms with Gasteiger partial charge in [-0.3, -0.25) is 4.79 Å². The van der Waals surface area contributed by atoms with Gasteiger partial charge in [0.2, 0.25) is 5.91 Å². The van der Waals surface area contributed by atoms with Crippen LogP contribution in [0.5, 0.6) is 0 Å². The summed E-state index contributed by atoms with van der Waals surface area (Å²) < 4.78 is 32.7. The van der Waals surface area contributed by atoms with Gasteiger partial charge in [0.05, 0.1) is 15.9 Å². The maximum absolute atomic E-state index is 11.1. The fourth-order valence-corrected chi connectivity index (χ4v) is 4.41. The van der Waals surface area contributed by atoms with Crippen LogP contribution < -0.4 is 34.9 Å². The number of carbonyl (C=O) groups excluding carboxylic acids is 1. The standard InChI is InChI=1S/C22H45NO4S.Na/c1-3-4-5-6-7-8-9-10-11-12-13-14-15-16-17-18-19-22(23-21(2)24)20-28(25,26)27;/h22H,3-20H2,1-2H3,(H,23,24)(H,25,26,27);/q;+1/p-1. The van der Waals surface area contributed by atoms with Gasteiger partial charge in [-0.1, -0.05) is 110 Å². The molecule has 0 aromatic carbocycles. The molecule has 0 rings (SSSR count). The number of hydrogen-bond acceptors (Lipinski definition) is 4. The second-order valence-corrected chi connectivity index (χ2v) is 9.66. The summed E-state index contributed by atoms with van der Waals surface area (Å²) in [5, 5.41) is 2.57. The minimum atomic E-state index is -4.31. The van der Waals surface area contributed by atoms with Crippen LogP contribution in [0.3, 0.4) is 0 Å². The van der Waals surface area contributed by atoms with E-state index in [1.807, 2.05) is 0 Å². The van der Waals surface area contributed by atoms with Crippen molar-refractivity contribution in [3.8, 4) is 0 Å². The Morgan fingerprint density at radius 1 is 0.759 bits per heavy atom. The summed E-state index contributed by atoms with van der Waals surface area (Å²) >= 11 is 0. The van der Waals surface area contributed by atoms with Crippen molar-refractivity contribution < 1.29 is 47.3 Å². The molecule has 0 saturated heterocycles. The van der Waals surface area contributed by atoms with Crippen LogP contribution in [-0.4, -0.2) is 30.7 Å². The van der Waals surface area contributed by atoms with E-state index in [1.54, 1.807) is 0 Å². The first kappa shape index (κ1) is 31.6. The second-order valence-electron chi connectivity index (χ2n) is 8.21. The summed E-state index contributed by atoms with van der Waals surface area (Å²) in [5.74, 6) is -0.796. The molecule has 0 aromatic rings. The summed E-state index contributed by atoms with van der Waals surface area (Å²) in [5.41, 5.74) is 0. The molecule has 0 radical (unpaired) electrons. The van der Waals surface area contributed by atoms with E-state index in [9.17, 15) is 17.8 Å². The third-order valence-electron chi connectivity index (χ3n) is 5.22. The van der Waals surface area contributed by atoms with Crippen molar-refractivity contribution in [3.63, 3.8) is 0 Å². The van der Waals surface area contributed by atoms with Gasteiger partial charge in [0, 0.05) is 13.0 Å². The van der Waals surface area contributed by atoms with E-state index in [4.69, 9.17) is 0 Å². The van der Waals surface area contributed by atoms with Gasteiger partial charge in [0.1, 0.15) is 0 Å². The molecule has 0 spiro atoms. The van der Waals surface area contributed by atoms with Gasteiger partial charge in [-0.2, -0.15) is 0 Å². The fraction of sp³-hybridized carbons (Fsp3) is 0.955. The molecule has 0 aliphatic carbocycles. The van der Waals surface area contributed by atoms with Crippen LogP contribution >= 0.6 is 0 Å². The van der Waals surface area contributed by atoms with Gasteiger partial charge in [-0.05, 0) is 6.42 Å². The van der Waals surface area contributed by atoms with Crippen LogP contribution in [0.15, 0.2) is 0 Å². The van der Waals surface area contributed by atoms with Crippen LogP contribution in [0.25, 0.3) is 0 Å². The predicted molar refractivity (Wildman–Crippen MR) is 116 cm³/mol. The predicted octanol–water partition coefficient (Wildman–Crippen LogP) is 2.69. The molecule has 168 valence electrons. The van der Waals surface area contributed by atoms with E-state index < -0.39 is 21.9 Å². The van der Waals surface area contributed by atoms with E-state index in [2.05, 4.69) is 12.2 Å². The van der Waals surface area contributed by atoms with E-state index in [0.717, 1.165) is 19.3 Å². The molecule has 1 amide bonds. The topological polar surface area (TPSA) is 86.3 Å². The van der Waals surface area contributed by atoms with Crippen LogP contribution in [0.1, 0.15) is 123 Å². The van der Waals surface area contributed by atoms with Crippen molar-refractivity contribution in [2.75, 3.05) is 5.75 Å². The molecule has 0 bridgehead atoms. The third-order valence-corrected chi connectivity index (χ3v) is 6.03. The van der Waals surface area contributed by atoms with E-state index in [1.165, 1.54) is 90.4 Å². The molecule has 29 heavy (non-hydrogen) atoms. The first-order valence-corrected chi connectivity index (χ1v) is 13.1. The Kier molecular flexibility index (Phi) is 23.5. The monoisotopic (exact) mass is 441 g/mol. The molecule has 1 N–H and O–H groups in total. The van der Waals surface area contributed by atoms with Crippen molar-refractivity contribution in [1.29, 1.82) is 0 Å². The Bertz CT molecular complexity index is 471. The Morgan fingerprint density at radius 2 is 1.10 bits per heavy atom. The maximum Gasteiger partial charge on any atom is 1.00 e. The fourth-order valence-electron chi connectivity index (χ4n) is 3.67. The van der Waals surface area contributed by atoms with Crippen LogP contribution in [0.4, 0.5) is 0 Å². The normalized spacial score (nSPS) is 12.4. The van der Waals surface area contributed by atoms with Crippen molar-refractivity contribution in [2.45, 2.75) is 129 Å². The molecular formula is C22H44NNaO4S. The largest absolute Gasteiger partial charge is 1.00 e. The van der Waals surface area contributed by atoms with Gasteiger partial charge < -0.3 is 9.87 Å². The summed E-state index contributed by atoms with van der Waals surface area (Å²) in [6.07, 6.45) is 21.1. The van der Waals surface area contributed by atoms with Gasteiger partial charge in [-0.25, -0.2) is 8.42 Å². The van der Waals surface area contributed by atoms with Gasteiger partial charge >= 0.3 is 29.6 Å². The van der Waals surface area contributed by atoms with Gasteiger partial charge in [-0.15, -0.1) is 0 Å². The molecule has 0 fully saturated rings. The quantitative estimate of drug-likeness (QED) is 0.179. The average molecular weight is 442 g/mol. The Labute approximate surface area is 202 Å². The third kappa shape index (κ3) is 26.3. The van der Waals surface area contributed by atoms with E-state index in [0.29, 0.717) is 6.42 Å². The zero-order chi connectivity index (χ0) is 21.1. The van der Waals surface area contributed by atoms with Gasteiger partial charge in [0.15, 0.2) is 0 Å². The number of rotatable bonds is 20. The maximum atomic E-state index is 11.1. The van der Waals surface area contributed by atoms with Crippen molar-refractivity contribution in [3.05, 3.63) is 0 Å². The van der Waals surface area contributed by atoms with Crippen LogP contribution in [0, 0.1) is 0 Å². The molecule has 0 aliphatic heterocycles. The second kappa shape index (κ2) is 21.6. The number of hydrogen-bond donors (Lipinski definition) is 1. The molecule has 5 nitrogen and oxygen atoms in total. The number of carbonyl (C=O) groups is 1. The molecular weight excluding hydrogens is 397 g/mol. The molecule has 0 heterocycles. The number of nitrogens with one attached hydrogen (secondary N) is 1. The summed E-state index contributed by atoms with van der Waals surface area (Å²) in [4.78, 5) is 11.1. The molecule has 0 saturated carbocycles. The number of amides is 1. The molecule has 0 aromatic heterocycles. The summed E-state index contributed by atoms with van der Waals surface area (Å²) in [7, 11) is -4.31. The minimum absolute atomic E-state index is 0. The van der Waals surface area contributed by atoms with Gasteiger partial charge in [0.25, 0.3) is 0 Å². The molecule has 0 aliphatic rings. The SMILES string of the molecule is CCCCCCCCCCCCCCCCCCC(CS(=O)(=O)[O-])NC(C)=O.[Na+]. The zero-order valence-electron chi connectivity index (χ0n) is 19.3. The summed E-state index contributed by atoms with van der Waals surface area (Å²) in [6, 6.07) is -0.549. The van der Waals surface area contributed by atoms with Crippen molar-refractivity contribution in [2.24, 2.45) is 0 Å². The minimum Gasteiger partial charge on any atom is -0.748 e. The van der Waals surface area contributed by atoms with Crippen molar-refractivity contribution in [1.82, 2.24) is 5.32 Å². The first-order valence-electron chi connectivity index (χ1n) is 11.6. The Balaban J connectivity index is 0. The Hall–Kier alpha value is 0.380. The Morgan fingerprint density at radius 3 is 1.41 bits per heavy atom. The average Bonchev–Trinajstić information content (AvgIpc) is 2.59. The van der Waals surface area contributed by atoms with Crippen molar-refractivity contribution >= 4 is 16.0 Å². The zero-order valence-corrected chi connectivity index (χ0v) is 22.2. The van der Waals surface area contributed by atoms with Crippen LogP contribution in [-0.2, 0) is 14.9 Å². The summed E-state index contributed by atoms with van der Waals surface area (Å²) in [6.45, 7) is 3.60. The molecule has 1 atom stereocenters. The van der Waals surface area contributed by atoms with E-state index >= 15 is 0 Å². The molecule has 1 unspecified atom stereocenters. The smallest absolute Gasteiger partial charge is 0.748 e. The van der Waals surface area contributed by atoms with E-state index in [-0.39, 0.29) is 35.5 Å². The molecule has 7 heteroatoms. The first-order chi connectivity index (χ1) is 13.3.